The first-order valence-electron chi connectivity index (χ1n) is 7.35. The van der Waals surface area contributed by atoms with Crippen LogP contribution in [0.3, 0.4) is 0 Å². The summed E-state index contributed by atoms with van der Waals surface area (Å²) in [6.07, 6.45) is 1.82. The summed E-state index contributed by atoms with van der Waals surface area (Å²) in [5.74, 6) is 0.808. The van der Waals surface area contributed by atoms with Crippen LogP contribution in [0.15, 0.2) is 24.3 Å². The summed E-state index contributed by atoms with van der Waals surface area (Å²) < 4.78 is 0. The third kappa shape index (κ3) is 3.33. The topological polar surface area (TPSA) is 32.3 Å². The molecule has 0 aliphatic carbocycles. The number of rotatable bonds is 5. The second-order valence-electron chi connectivity index (χ2n) is 5.80. The highest BCUT2D eigenvalue weighted by Crippen LogP contribution is 2.28. The molecule has 1 aromatic carbocycles. The van der Waals surface area contributed by atoms with Gasteiger partial charge in [0, 0.05) is 11.6 Å². The van der Waals surface area contributed by atoms with Gasteiger partial charge in [-0.15, -0.1) is 0 Å². The van der Waals surface area contributed by atoms with E-state index in [2.05, 4.69) is 19.2 Å². The van der Waals surface area contributed by atoms with Crippen molar-refractivity contribution in [2.75, 3.05) is 6.54 Å². The van der Waals surface area contributed by atoms with Crippen LogP contribution in [0.4, 0.5) is 0 Å². The predicted molar refractivity (Wildman–Crippen MR) is 82.6 cm³/mol. The van der Waals surface area contributed by atoms with Crippen molar-refractivity contribution in [1.82, 2.24) is 10.2 Å². The Balaban J connectivity index is 2.19. The minimum absolute atomic E-state index is 0.0246. The van der Waals surface area contributed by atoms with Crippen molar-refractivity contribution in [2.45, 2.75) is 45.8 Å². The number of nitrogens with one attached hydrogen (secondary N) is 1. The van der Waals surface area contributed by atoms with Gasteiger partial charge in [-0.2, -0.15) is 0 Å². The van der Waals surface area contributed by atoms with Crippen molar-refractivity contribution in [2.24, 2.45) is 5.92 Å². The zero-order chi connectivity index (χ0) is 14.7. The Kier molecular flexibility index (Phi) is 5.06. The minimum Gasteiger partial charge on any atom is -0.322 e. The molecule has 1 aliphatic heterocycles. The SMILES string of the molecule is CCC1NC(c2ccc(Cl)cc2)N(CCC(C)C)C1=O. The zero-order valence-electron chi connectivity index (χ0n) is 12.4. The highest BCUT2D eigenvalue weighted by molar-refractivity contribution is 6.30. The predicted octanol–water partition coefficient (Wildman–Crippen LogP) is 3.60. The van der Waals surface area contributed by atoms with Gasteiger partial charge in [0.1, 0.15) is 6.17 Å². The molecule has 0 radical (unpaired) electrons. The lowest BCUT2D eigenvalue weighted by Gasteiger charge is -2.25. The molecule has 2 atom stereocenters. The molecule has 2 unspecified atom stereocenters. The fourth-order valence-electron chi connectivity index (χ4n) is 2.53. The standard InChI is InChI=1S/C16H23ClN2O/c1-4-14-16(20)19(10-9-11(2)3)15(18-14)12-5-7-13(17)8-6-12/h5-8,11,14-15,18H,4,9-10H2,1-3H3. The van der Waals surface area contributed by atoms with Gasteiger partial charge in [-0.1, -0.05) is 44.5 Å². The van der Waals surface area contributed by atoms with E-state index in [4.69, 9.17) is 11.6 Å². The number of hydrogen-bond acceptors (Lipinski definition) is 2. The molecule has 1 amide bonds. The zero-order valence-corrected chi connectivity index (χ0v) is 13.2. The molecule has 1 saturated heterocycles. The van der Waals surface area contributed by atoms with E-state index in [1.807, 2.05) is 36.1 Å². The number of nitrogens with zero attached hydrogens (tertiary/aromatic N) is 1. The van der Waals surface area contributed by atoms with Crippen LogP contribution in [0, 0.1) is 5.92 Å². The molecule has 3 nitrogen and oxygen atoms in total. The molecule has 4 heteroatoms. The quantitative estimate of drug-likeness (QED) is 0.900. The van der Waals surface area contributed by atoms with Crippen LogP contribution in [0.1, 0.15) is 45.3 Å². The average Bonchev–Trinajstić information content (AvgIpc) is 2.74. The number of carbonyl (C=O) groups excluding carboxylic acids is 1. The van der Waals surface area contributed by atoms with Crippen LogP contribution in [-0.2, 0) is 4.79 Å². The summed E-state index contributed by atoms with van der Waals surface area (Å²) in [7, 11) is 0. The molecule has 20 heavy (non-hydrogen) atoms. The second-order valence-corrected chi connectivity index (χ2v) is 6.23. The maximum absolute atomic E-state index is 12.4. The van der Waals surface area contributed by atoms with Gasteiger partial charge < -0.3 is 4.90 Å². The van der Waals surface area contributed by atoms with Gasteiger partial charge in [0.2, 0.25) is 5.91 Å². The summed E-state index contributed by atoms with van der Waals surface area (Å²) in [5, 5.41) is 4.15. The molecule has 1 fully saturated rings. The minimum atomic E-state index is -0.0668. The lowest BCUT2D eigenvalue weighted by molar-refractivity contribution is -0.130. The smallest absolute Gasteiger partial charge is 0.241 e. The first-order chi connectivity index (χ1) is 9.52. The summed E-state index contributed by atoms with van der Waals surface area (Å²) in [4.78, 5) is 14.4. The Morgan fingerprint density at radius 1 is 1.30 bits per heavy atom. The van der Waals surface area contributed by atoms with Gasteiger partial charge in [-0.05, 0) is 36.5 Å². The van der Waals surface area contributed by atoms with Crippen molar-refractivity contribution in [3.05, 3.63) is 34.9 Å². The van der Waals surface area contributed by atoms with Crippen molar-refractivity contribution in [1.29, 1.82) is 0 Å². The molecule has 1 aliphatic rings. The van der Waals surface area contributed by atoms with Gasteiger partial charge >= 0.3 is 0 Å². The van der Waals surface area contributed by atoms with Crippen LogP contribution in [0.25, 0.3) is 0 Å². The highest BCUT2D eigenvalue weighted by atomic mass is 35.5. The Morgan fingerprint density at radius 3 is 2.50 bits per heavy atom. The van der Waals surface area contributed by atoms with E-state index in [0.29, 0.717) is 5.92 Å². The number of hydrogen-bond donors (Lipinski definition) is 1. The summed E-state index contributed by atoms with van der Waals surface area (Å²) in [5.41, 5.74) is 1.10. The van der Waals surface area contributed by atoms with Crippen LogP contribution < -0.4 is 5.32 Å². The fraction of sp³-hybridized carbons (Fsp3) is 0.562. The van der Waals surface area contributed by atoms with Crippen molar-refractivity contribution >= 4 is 17.5 Å². The molecule has 1 aromatic rings. The van der Waals surface area contributed by atoms with Crippen LogP contribution in [0.2, 0.25) is 5.02 Å². The number of benzene rings is 1. The summed E-state index contributed by atoms with van der Waals surface area (Å²) in [6.45, 7) is 7.21. The molecule has 0 saturated carbocycles. The number of halogens is 1. The third-order valence-corrected chi connectivity index (χ3v) is 4.05. The lowest BCUT2D eigenvalue weighted by atomic mass is 10.1. The van der Waals surface area contributed by atoms with Gasteiger partial charge in [0.25, 0.3) is 0 Å². The third-order valence-electron chi connectivity index (χ3n) is 3.79. The first-order valence-corrected chi connectivity index (χ1v) is 7.72. The van der Waals surface area contributed by atoms with Gasteiger partial charge in [-0.25, -0.2) is 0 Å². The Bertz CT molecular complexity index is 458. The van der Waals surface area contributed by atoms with E-state index in [1.165, 1.54) is 0 Å². The second kappa shape index (κ2) is 6.59. The van der Waals surface area contributed by atoms with E-state index < -0.39 is 0 Å². The average molecular weight is 295 g/mol. The van der Waals surface area contributed by atoms with Crippen molar-refractivity contribution in [3.8, 4) is 0 Å². The van der Waals surface area contributed by atoms with Gasteiger partial charge in [0.15, 0.2) is 0 Å². The van der Waals surface area contributed by atoms with Crippen LogP contribution in [-0.4, -0.2) is 23.4 Å². The molecule has 110 valence electrons. The van der Waals surface area contributed by atoms with Gasteiger partial charge in [0.05, 0.1) is 6.04 Å². The van der Waals surface area contributed by atoms with E-state index >= 15 is 0 Å². The van der Waals surface area contributed by atoms with Crippen molar-refractivity contribution < 1.29 is 4.79 Å². The molecular weight excluding hydrogens is 272 g/mol. The van der Waals surface area contributed by atoms with Crippen LogP contribution >= 0.6 is 11.6 Å². The highest BCUT2D eigenvalue weighted by Gasteiger charge is 2.38. The molecule has 0 bridgehead atoms. The number of amides is 1. The monoisotopic (exact) mass is 294 g/mol. The van der Waals surface area contributed by atoms with Gasteiger partial charge in [-0.3, -0.25) is 10.1 Å². The van der Waals surface area contributed by atoms with E-state index in [-0.39, 0.29) is 18.1 Å². The maximum Gasteiger partial charge on any atom is 0.241 e. The Morgan fingerprint density at radius 2 is 1.95 bits per heavy atom. The largest absolute Gasteiger partial charge is 0.322 e. The molecule has 1 N–H and O–H groups in total. The Hall–Kier alpha value is -1.06. The summed E-state index contributed by atoms with van der Waals surface area (Å²) >= 11 is 5.94. The molecule has 0 aromatic heterocycles. The lowest BCUT2D eigenvalue weighted by Crippen LogP contribution is -2.32. The summed E-state index contributed by atoms with van der Waals surface area (Å²) in [6, 6.07) is 7.68. The molecular formula is C16H23ClN2O. The van der Waals surface area contributed by atoms with Crippen LogP contribution in [0.5, 0.6) is 0 Å². The molecule has 1 heterocycles. The first kappa shape index (κ1) is 15.3. The number of carbonyl (C=O) groups is 1. The van der Waals surface area contributed by atoms with E-state index in [0.717, 1.165) is 30.0 Å². The normalized spacial score (nSPS) is 22.9. The molecule has 0 spiro atoms. The Labute approximate surface area is 126 Å². The molecule has 2 rings (SSSR count). The van der Waals surface area contributed by atoms with E-state index in [1.54, 1.807) is 0 Å². The fourth-order valence-corrected chi connectivity index (χ4v) is 2.66. The maximum atomic E-state index is 12.4. The van der Waals surface area contributed by atoms with Crippen molar-refractivity contribution in [3.63, 3.8) is 0 Å². The van der Waals surface area contributed by atoms with E-state index in [9.17, 15) is 4.79 Å².